The number of amides is 2. The van der Waals surface area contributed by atoms with Gasteiger partial charge in [-0.1, -0.05) is 13.0 Å². The minimum Gasteiger partial charge on any atom is -0.491 e. The molecule has 2 rings (SSSR count). The van der Waals surface area contributed by atoms with Crippen LogP contribution in [0.25, 0.3) is 0 Å². The second-order valence-corrected chi connectivity index (χ2v) is 6.48. The number of rotatable bonds is 7. The van der Waals surface area contributed by atoms with Gasteiger partial charge in [0.15, 0.2) is 6.61 Å². The topological polar surface area (TPSA) is 76.7 Å². The van der Waals surface area contributed by atoms with Crippen LogP contribution in [0.3, 0.4) is 0 Å². The van der Waals surface area contributed by atoms with Gasteiger partial charge in [-0.25, -0.2) is 0 Å². The third kappa shape index (κ3) is 6.66. The summed E-state index contributed by atoms with van der Waals surface area (Å²) in [5, 5.41) is 0. The molecule has 0 aliphatic carbocycles. The highest BCUT2D eigenvalue weighted by molar-refractivity contribution is 5.95. The van der Waals surface area contributed by atoms with Crippen molar-refractivity contribution in [2.24, 2.45) is 0 Å². The molecule has 6 nitrogen and oxygen atoms in total. The molecule has 0 heterocycles. The smallest absolute Gasteiger partial charge is 0.276 e. The van der Waals surface area contributed by atoms with Crippen molar-refractivity contribution in [3.8, 4) is 11.5 Å². The van der Waals surface area contributed by atoms with E-state index in [-0.39, 0.29) is 12.7 Å². The standard InChI is InChI=1S/C21H26N2O4/c1-5-16(4)27-18-8-6-17(7-9-18)21(25)23-22-20(24)13-26-19-11-14(2)10-15(3)12-19/h6-12,16H,5,13H2,1-4H3,(H,22,24)(H,23,25). The van der Waals surface area contributed by atoms with Gasteiger partial charge in [0.2, 0.25) is 0 Å². The van der Waals surface area contributed by atoms with Crippen molar-refractivity contribution in [3.63, 3.8) is 0 Å². The maximum Gasteiger partial charge on any atom is 0.276 e. The molecule has 0 aromatic heterocycles. The van der Waals surface area contributed by atoms with E-state index in [1.807, 2.05) is 45.9 Å². The molecule has 144 valence electrons. The number of ether oxygens (including phenoxy) is 2. The van der Waals surface area contributed by atoms with Gasteiger partial charge < -0.3 is 9.47 Å². The molecule has 0 spiro atoms. The lowest BCUT2D eigenvalue weighted by Crippen LogP contribution is -2.43. The fourth-order valence-electron chi connectivity index (χ4n) is 2.40. The molecule has 0 radical (unpaired) electrons. The Labute approximate surface area is 159 Å². The van der Waals surface area contributed by atoms with E-state index in [1.165, 1.54) is 0 Å². The number of hydrogen-bond donors (Lipinski definition) is 2. The molecular weight excluding hydrogens is 344 g/mol. The van der Waals surface area contributed by atoms with E-state index < -0.39 is 11.8 Å². The first-order valence-corrected chi connectivity index (χ1v) is 8.94. The highest BCUT2D eigenvalue weighted by atomic mass is 16.5. The molecule has 2 amide bonds. The maximum absolute atomic E-state index is 12.1. The summed E-state index contributed by atoms with van der Waals surface area (Å²) in [6.07, 6.45) is 1.01. The molecule has 2 aromatic carbocycles. The van der Waals surface area contributed by atoms with Crippen LogP contribution in [0.2, 0.25) is 0 Å². The van der Waals surface area contributed by atoms with Crippen LogP contribution in [0.5, 0.6) is 11.5 Å². The SMILES string of the molecule is CCC(C)Oc1ccc(C(=O)NNC(=O)COc2cc(C)cc(C)c2)cc1. The average molecular weight is 370 g/mol. The van der Waals surface area contributed by atoms with E-state index in [0.717, 1.165) is 17.5 Å². The van der Waals surface area contributed by atoms with Gasteiger partial charge in [0.1, 0.15) is 11.5 Å². The van der Waals surface area contributed by atoms with Crippen molar-refractivity contribution in [3.05, 3.63) is 59.2 Å². The van der Waals surface area contributed by atoms with Crippen LogP contribution in [0.4, 0.5) is 0 Å². The highest BCUT2D eigenvalue weighted by Crippen LogP contribution is 2.16. The summed E-state index contributed by atoms with van der Waals surface area (Å²) in [6.45, 7) is 7.75. The minimum absolute atomic E-state index is 0.112. The summed E-state index contributed by atoms with van der Waals surface area (Å²) >= 11 is 0. The summed E-state index contributed by atoms with van der Waals surface area (Å²) in [4.78, 5) is 24.0. The van der Waals surface area contributed by atoms with Crippen molar-refractivity contribution in [1.29, 1.82) is 0 Å². The fourth-order valence-corrected chi connectivity index (χ4v) is 2.40. The summed E-state index contributed by atoms with van der Waals surface area (Å²) < 4.78 is 11.1. The van der Waals surface area contributed by atoms with E-state index in [9.17, 15) is 9.59 Å². The predicted octanol–water partition coefficient (Wildman–Crippen LogP) is 3.32. The second kappa shape index (κ2) is 9.62. The second-order valence-electron chi connectivity index (χ2n) is 6.48. The minimum atomic E-state index is -0.445. The fraction of sp³-hybridized carbons (Fsp3) is 0.333. The predicted molar refractivity (Wildman–Crippen MR) is 104 cm³/mol. The van der Waals surface area contributed by atoms with Crippen LogP contribution in [-0.2, 0) is 4.79 Å². The van der Waals surface area contributed by atoms with Crippen molar-refractivity contribution in [2.75, 3.05) is 6.61 Å². The van der Waals surface area contributed by atoms with Crippen LogP contribution < -0.4 is 20.3 Å². The zero-order valence-corrected chi connectivity index (χ0v) is 16.2. The largest absolute Gasteiger partial charge is 0.491 e. The first-order chi connectivity index (χ1) is 12.9. The van der Waals surface area contributed by atoms with Crippen LogP contribution in [0, 0.1) is 13.8 Å². The van der Waals surface area contributed by atoms with E-state index in [1.54, 1.807) is 24.3 Å². The van der Waals surface area contributed by atoms with E-state index in [4.69, 9.17) is 9.47 Å². The molecule has 1 atom stereocenters. The molecule has 0 bridgehead atoms. The van der Waals surface area contributed by atoms with Crippen molar-refractivity contribution < 1.29 is 19.1 Å². The van der Waals surface area contributed by atoms with Gasteiger partial charge in [-0.05, 0) is 74.7 Å². The first kappa shape index (κ1) is 20.3. The molecule has 6 heteroatoms. The average Bonchev–Trinajstić information content (AvgIpc) is 2.64. The van der Waals surface area contributed by atoms with E-state index in [0.29, 0.717) is 17.1 Å². The Kier molecular flexibility index (Phi) is 7.23. The molecule has 0 aliphatic heterocycles. The van der Waals surface area contributed by atoms with Gasteiger partial charge in [-0.2, -0.15) is 0 Å². The zero-order chi connectivity index (χ0) is 19.8. The quantitative estimate of drug-likeness (QED) is 0.733. The van der Waals surface area contributed by atoms with Crippen LogP contribution >= 0.6 is 0 Å². The summed E-state index contributed by atoms with van der Waals surface area (Å²) in [5.41, 5.74) is 7.24. The van der Waals surface area contributed by atoms with Crippen molar-refractivity contribution in [1.82, 2.24) is 10.9 Å². The molecule has 2 aromatic rings. The Morgan fingerprint density at radius 1 is 0.963 bits per heavy atom. The number of benzene rings is 2. The van der Waals surface area contributed by atoms with Gasteiger partial charge >= 0.3 is 0 Å². The van der Waals surface area contributed by atoms with Crippen LogP contribution in [0.1, 0.15) is 41.8 Å². The lowest BCUT2D eigenvalue weighted by atomic mass is 10.1. The third-order valence-electron chi connectivity index (χ3n) is 3.91. The Bertz CT molecular complexity index is 767. The first-order valence-electron chi connectivity index (χ1n) is 8.94. The normalized spacial score (nSPS) is 11.4. The van der Waals surface area contributed by atoms with Gasteiger partial charge in [0.05, 0.1) is 6.10 Å². The Morgan fingerprint density at radius 3 is 2.19 bits per heavy atom. The van der Waals surface area contributed by atoms with Gasteiger partial charge in [0, 0.05) is 5.56 Å². The molecule has 0 aliphatic rings. The van der Waals surface area contributed by atoms with Crippen LogP contribution in [0.15, 0.2) is 42.5 Å². The lowest BCUT2D eigenvalue weighted by molar-refractivity contribution is -0.123. The zero-order valence-electron chi connectivity index (χ0n) is 16.2. The Hall–Kier alpha value is -3.02. The molecule has 1 unspecified atom stereocenters. The molecule has 0 saturated carbocycles. The Morgan fingerprint density at radius 2 is 1.59 bits per heavy atom. The van der Waals surface area contributed by atoms with Crippen molar-refractivity contribution >= 4 is 11.8 Å². The monoisotopic (exact) mass is 370 g/mol. The lowest BCUT2D eigenvalue weighted by Gasteiger charge is -2.13. The maximum atomic E-state index is 12.1. The molecule has 0 saturated heterocycles. The summed E-state index contributed by atoms with van der Waals surface area (Å²) in [5.74, 6) is 0.460. The number of hydrazine groups is 1. The number of nitrogens with one attached hydrogen (secondary N) is 2. The Balaban J connectivity index is 1.79. The van der Waals surface area contributed by atoms with Gasteiger partial charge in [-0.3, -0.25) is 20.4 Å². The number of hydrogen-bond acceptors (Lipinski definition) is 4. The van der Waals surface area contributed by atoms with Gasteiger partial charge in [0.25, 0.3) is 11.8 Å². The molecule has 27 heavy (non-hydrogen) atoms. The molecule has 2 N–H and O–H groups in total. The molecular formula is C21H26N2O4. The van der Waals surface area contributed by atoms with E-state index in [2.05, 4.69) is 10.9 Å². The van der Waals surface area contributed by atoms with Crippen LogP contribution in [-0.4, -0.2) is 24.5 Å². The number of carbonyl (C=O) groups is 2. The van der Waals surface area contributed by atoms with Crippen molar-refractivity contribution in [2.45, 2.75) is 40.2 Å². The summed E-state index contributed by atoms with van der Waals surface area (Å²) in [6, 6.07) is 12.5. The number of carbonyl (C=O) groups excluding carboxylic acids is 2. The third-order valence-corrected chi connectivity index (χ3v) is 3.91. The summed E-state index contributed by atoms with van der Waals surface area (Å²) in [7, 11) is 0. The van der Waals surface area contributed by atoms with E-state index >= 15 is 0 Å². The van der Waals surface area contributed by atoms with Gasteiger partial charge in [-0.15, -0.1) is 0 Å². The highest BCUT2D eigenvalue weighted by Gasteiger charge is 2.09. The number of aryl methyl sites for hydroxylation is 2. The molecule has 0 fully saturated rings.